The Labute approximate surface area is 123 Å². The molecule has 1 atom stereocenters. The molecule has 0 aliphatic heterocycles. The summed E-state index contributed by atoms with van der Waals surface area (Å²) in [6.45, 7) is 5.32. The molecule has 20 heavy (non-hydrogen) atoms. The Bertz CT molecular complexity index is 503. The summed E-state index contributed by atoms with van der Waals surface area (Å²) in [5.74, 6) is -0.325. The molecule has 0 aliphatic carbocycles. The van der Waals surface area contributed by atoms with Crippen molar-refractivity contribution in [3.05, 3.63) is 40.9 Å². The first-order valence-electron chi connectivity index (χ1n) is 5.77. The van der Waals surface area contributed by atoms with Crippen molar-refractivity contribution in [3.8, 4) is 0 Å². The highest BCUT2D eigenvalue weighted by atomic mass is 79.9. The van der Waals surface area contributed by atoms with E-state index in [4.69, 9.17) is 0 Å². The minimum Gasteiger partial charge on any atom is -0.373 e. The fourth-order valence-electron chi connectivity index (χ4n) is 1.44. The van der Waals surface area contributed by atoms with Gasteiger partial charge in [-0.2, -0.15) is 13.2 Å². The maximum absolute atomic E-state index is 12.6. The summed E-state index contributed by atoms with van der Waals surface area (Å²) >= 11 is 3.15. The van der Waals surface area contributed by atoms with Crippen molar-refractivity contribution < 1.29 is 18.0 Å². The summed E-state index contributed by atoms with van der Waals surface area (Å²) in [4.78, 5) is 11.6. The van der Waals surface area contributed by atoms with E-state index in [-0.39, 0.29) is 11.6 Å². The Kier molecular flexibility index (Phi) is 5.62. The number of nitrogens with one attached hydrogen (secondary N) is 2. The van der Waals surface area contributed by atoms with Crippen LogP contribution in [0.4, 0.5) is 18.9 Å². The maximum Gasteiger partial charge on any atom is 0.416 e. The van der Waals surface area contributed by atoms with Crippen molar-refractivity contribution in [2.45, 2.75) is 19.1 Å². The van der Waals surface area contributed by atoms with E-state index in [0.717, 1.165) is 12.1 Å². The molecule has 1 aromatic carbocycles. The Morgan fingerprint density at radius 2 is 2.15 bits per heavy atom. The van der Waals surface area contributed by atoms with Gasteiger partial charge in [0, 0.05) is 16.7 Å². The number of benzene rings is 1. The van der Waals surface area contributed by atoms with Gasteiger partial charge in [0.1, 0.15) is 6.04 Å². The van der Waals surface area contributed by atoms with E-state index in [9.17, 15) is 18.0 Å². The van der Waals surface area contributed by atoms with Crippen LogP contribution in [-0.2, 0) is 11.0 Å². The normalized spacial score (nSPS) is 12.7. The molecule has 0 heterocycles. The van der Waals surface area contributed by atoms with Gasteiger partial charge in [-0.1, -0.05) is 6.08 Å². The largest absolute Gasteiger partial charge is 0.416 e. The van der Waals surface area contributed by atoms with Crippen LogP contribution >= 0.6 is 15.9 Å². The molecule has 0 saturated heterocycles. The molecule has 1 amide bonds. The number of rotatable bonds is 5. The van der Waals surface area contributed by atoms with Gasteiger partial charge < -0.3 is 10.6 Å². The third-order valence-electron chi connectivity index (χ3n) is 2.48. The van der Waals surface area contributed by atoms with Crippen LogP contribution in [0, 0.1) is 0 Å². The van der Waals surface area contributed by atoms with E-state index in [1.165, 1.54) is 12.1 Å². The predicted octanol–water partition coefficient (Wildman–Crippen LogP) is 3.57. The minimum absolute atomic E-state index is 0.209. The minimum atomic E-state index is -4.43. The SMILES string of the molecule is C=CCNC(=O)C(C)Nc1cc(C(F)(F)F)ccc1Br. The standard InChI is InChI=1S/C13H14BrF3N2O/c1-3-6-18-12(20)8(2)19-11-7-9(13(15,16)17)4-5-10(11)14/h3-5,7-8,19H,1,6H2,2H3,(H,18,20). The number of anilines is 1. The van der Waals surface area contributed by atoms with Crippen LogP contribution < -0.4 is 10.6 Å². The second-order valence-corrected chi connectivity index (χ2v) is 4.95. The van der Waals surface area contributed by atoms with Gasteiger partial charge in [0.15, 0.2) is 0 Å². The first-order chi connectivity index (χ1) is 9.25. The van der Waals surface area contributed by atoms with Gasteiger partial charge in [-0.05, 0) is 41.1 Å². The van der Waals surface area contributed by atoms with Crippen molar-refractivity contribution >= 4 is 27.5 Å². The third-order valence-corrected chi connectivity index (χ3v) is 3.17. The summed E-state index contributed by atoms with van der Waals surface area (Å²) in [5.41, 5.74) is -0.567. The van der Waals surface area contributed by atoms with Crippen molar-refractivity contribution in [1.29, 1.82) is 0 Å². The molecule has 110 valence electrons. The van der Waals surface area contributed by atoms with Crippen LogP contribution in [-0.4, -0.2) is 18.5 Å². The Hall–Kier alpha value is -1.50. The number of carbonyl (C=O) groups excluding carboxylic acids is 1. The van der Waals surface area contributed by atoms with Gasteiger partial charge in [-0.3, -0.25) is 4.79 Å². The molecule has 3 nitrogen and oxygen atoms in total. The number of carbonyl (C=O) groups is 1. The van der Waals surface area contributed by atoms with Gasteiger partial charge in [0.2, 0.25) is 5.91 Å². The van der Waals surface area contributed by atoms with Crippen LogP contribution in [0.3, 0.4) is 0 Å². The molecular formula is C13H14BrF3N2O. The molecule has 1 aromatic rings. The molecular weight excluding hydrogens is 337 g/mol. The Balaban J connectivity index is 2.86. The highest BCUT2D eigenvalue weighted by molar-refractivity contribution is 9.10. The molecule has 0 bridgehead atoms. The van der Waals surface area contributed by atoms with Crippen molar-refractivity contribution in [2.75, 3.05) is 11.9 Å². The van der Waals surface area contributed by atoms with Crippen molar-refractivity contribution in [3.63, 3.8) is 0 Å². The average molecular weight is 351 g/mol. The molecule has 0 spiro atoms. The quantitative estimate of drug-likeness (QED) is 0.797. The summed E-state index contributed by atoms with van der Waals surface area (Å²) < 4.78 is 38.3. The average Bonchev–Trinajstić information content (AvgIpc) is 2.37. The lowest BCUT2D eigenvalue weighted by atomic mass is 10.2. The van der Waals surface area contributed by atoms with E-state index in [1.54, 1.807) is 6.92 Å². The summed E-state index contributed by atoms with van der Waals surface area (Å²) in [7, 11) is 0. The predicted molar refractivity (Wildman–Crippen MR) is 75.4 cm³/mol. The summed E-state index contributed by atoms with van der Waals surface area (Å²) in [6.07, 6.45) is -2.91. The fraction of sp³-hybridized carbons (Fsp3) is 0.308. The van der Waals surface area contributed by atoms with Crippen molar-refractivity contribution in [1.82, 2.24) is 5.32 Å². The molecule has 7 heteroatoms. The lowest BCUT2D eigenvalue weighted by molar-refractivity contribution is -0.137. The zero-order valence-corrected chi connectivity index (χ0v) is 12.3. The molecule has 0 fully saturated rings. The Morgan fingerprint density at radius 1 is 1.50 bits per heavy atom. The molecule has 0 aromatic heterocycles. The van der Waals surface area contributed by atoms with Crippen molar-refractivity contribution in [2.24, 2.45) is 0 Å². The van der Waals surface area contributed by atoms with E-state index >= 15 is 0 Å². The third kappa shape index (κ3) is 4.56. The lowest BCUT2D eigenvalue weighted by Crippen LogP contribution is -2.37. The summed E-state index contributed by atoms with van der Waals surface area (Å²) in [6, 6.07) is 2.55. The second-order valence-electron chi connectivity index (χ2n) is 4.09. The first kappa shape index (κ1) is 16.6. The van der Waals surface area contributed by atoms with E-state index < -0.39 is 17.8 Å². The number of hydrogen-bond donors (Lipinski definition) is 2. The van der Waals surface area contributed by atoms with Crippen LogP contribution in [0.5, 0.6) is 0 Å². The van der Waals surface area contributed by atoms with Crippen LogP contribution in [0.2, 0.25) is 0 Å². The molecule has 0 radical (unpaired) electrons. The van der Waals surface area contributed by atoms with Gasteiger partial charge in [-0.25, -0.2) is 0 Å². The highest BCUT2D eigenvalue weighted by Crippen LogP contribution is 2.34. The number of hydrogen-bond acceptors (Lipinski definition) is 2. The van der Waals surface area contributed by atoms with E-state index in [0.29, 0.717) is 11.0 Å². The maximum atomic E-state index is 12.6. The lowest BCUT2D eigenvalue weighted by Gasteiger charge is -2.17. The molecule has 1 unspecified atom stereocenters. The smallest absolute Gasteiger partial charge is 0.373 e. The number of halogens is 4. The van der Waals surface area contributed by atoms with Crippen LogP contribution in [0.15, 0.2) is 35.3 Å². The van der Waals surface area contributed by atoms with Gasteiger partial charge >= 0.3 is 6.18 Å². The first-order valence-corrected chi connectivity index (χ1v) is 6.57. The monoisotopic (exact) mass is 350 g/mol. The molecule has 0 saturated carbocycles. The molecule has 0 aliphatic rings. The highest BCUT2D eigenvalue weighted by Gasteiger charge is 2.31. The second kappa shape index (κ2) is 6.78. The topological polar surface area (TPSA) is 41.1 Å². The Morgan fingerprint density at radius 3 is 2.70 bits per heavy atom. The zero-order chi connectivity index (χ0) is 15.3. The summed E-state index contributed by atoms with van der Waals surface area (Å²) in [5, 5.41) is 5.30. The van der Waals surface area contributed by atoms with Crippen LogP contribution in [0.25, 0.3) is 0 Å². The van der Waals surface area contributed by atoms with Gasteiger partial charge in [-0.15, -0.1) is 6.58 Å². The van der Waals surface area contributed by atoms with Gasteiger partial charge in [0.05, 0.1) is 5.56 Å². The molecule has 2 N–H and O–H groups in total. The number of alkyl halides is 3. The molecule has 1 rings (SSSR count). The number of amides is 1. The van der Waals surface area contributed by atoms with E-state index in [1.807, 2.05) is 0 Å². The van der Waals surface area contributed by atoms with Crippen LogP contribution in [0.1, 0.15) is 12.5 Å². The van der Waals surface area contributed by atoms with Gasteiger partial charge in [0.25, 0.3) is 0 Å². The van der Waals surface area contributed by atoms with E-state index in [2.05, 4.69) is 33.1 Å². The fourth-order valence-corrected chi connectivity index (χ4v) is 1.80. The zero-order valence-electron chi connectivity index (χ0n) is 10.7.